The van der Waals surface area contributed by atoms with E-state index in [1.807, 2.05) is 0 Å². The van der Waals surface area contributed by atoms with Gasteiger partial charge in [0.2, 0.25) is 0 Å². The van der Waals surface area contributed by atoms with Gasteiger partial charge in [0, 0.05) is 17.3 Å². The minimum Gasteiger partial charge on any atom is -0.404 e. The van der Waals surface area contributed by atoms with Crippen molar-refractivity contribution in [1.29, 1.82) is 0 Å². The first-order valence-electron chi connectivity index (χ1n) is 7.17. The molecule has 1 atom stereocenters. The molecule has 1 aliphatic heterocycles. The summed E-state index contributed by atoms with van der Waals surface area (Å²) in [6, 6.07) is 5.08. The zero-order valence-corrected chi connectivity index (χ0v) is 14.3. The SMILES string of the molecule is CC(c1ccc(OC(F)(F)F)c(Cl)c1)N1Cc2c(ccnc2Cl)C1=O. The number of carbonyl (C=O) groups excluding carboxylic acids is 1. The maximum atomic E-state index is 12.5. The van der Waals surface area contributed by atoms with Crippen molar-refractivity contribution in [3.05, 3.63) is 57.3 Å². The molecule has 132 valence electrons. The van der Waals surface area contributed by atoms with E-state index in [4.69, 9.17) is 23.2 Å². The molecule has 0 radical (unpaired) electrons. The van der Waals surface area contributed by atoms with E-state index in [1.165, 1.54) is 18.3 Å². The number of rotatable bonds is 3. The van der Waals surface area contributed by atoms with E-state index < -0.39 is 18.2 Å². The standard InChI is InChI=1S/C16H11Cl2F3N2O2/c1-8(9-2-3-13(12(17)6-9)25-16(19,20)21)23-7-11-10(15(23)24)4-5-22-14(11)18/h2-6,8H,7H2,1H3. The second-order valence-electron chi connectivity index (χ2n) is 5.47. The molecule has 3 rings (SSSR count). The van der Waals surface area contributed by atoms with E-state index in [0.717, 1.165) is 6.07 Å². The molecule has 9 heteroatoms. The number of carbonyl (C=O) groups is 1. The average molecular weight is 391 g/mol. The van der Waals surface area contributed by atoms with Gasteiger partial charge in [-0.25, -0.2) is 4.98 Å². The van der Waals surface area contributed by atoms with Gasteiger partial charge in [-0.3, -0.25) is 4.79 Å². The minimum absolute atomic E-state index is 0.189. The van der Waals surface area contributed by atoms with Crippen LogP contribution in [0.4, 0.5) is 13.2 Å². The maximum absolute atomic E-state index is 12.5. The van der Waals surface area contributed by atoms with Crippen LogP contribution in [0, 0.1) is 0 Å². The van der Waals surface area contributed by atoms with Gasteiger partial charge >= 0.3 is 6.36 Å². The predicted octanol–water partition coefficient (Wildman–Crippen LogP) is 5.00. The second-order valence-corrected chi connectivity index (χ2v) is 6.24. The van der Waals surface area contributed by atoms with E-state index in [-0.39, 0.29) is 22.6 Å². The number of pyridine rings is 1. The maximum Gasteiger partial charge on any atom is 0.573 e. The number of ether oxygens (including phenoxy) is 1. The molecule has 0 saturated carbocycles. The van der Waals surface area contributed by atoms with E-state index in [9.17, 15) is 18.0 Å². The Balaban J connectivity index is 1.85. The zero-order chi connectivity index (χ0) is 18.4. The van der Waals surface area contributed by atoms with E-state index in [2.05, 4.69) is 9.72 Å². The summed E-state index contributed by atoms with van der Waals surface area (Å²) in [7, 11) is 0. The number of hydrogen-bond acceptors (Lipinski definition) is 3. The number of nitrogens with zero attached hydrogens (tertiary/aromatic N) is 2. The summed E-state index contributed by atoms with van der Waals surface area (Å²) in [5, 5.41) is 0.0676. The zero-order valence-electron chi connectivity index (χ0n) is 12.8. The van der Waals surface area contributed by atoms with Crippen LogP contribution in [-0.4, -0.2) is 22.2 Å². The Kier molecular flexibility index (Phi) is 4.55. The van der Waals surface area contributed by atoms with Crippen molar-refractivity contribution >= 4 is 29.1 Å². The van der Waals surface area contributed by atoms with Gasteiger partial charge in [0.1, 0.15) is 10.9 Å². The third kappa shape index (κ3) is 3.52. The summed E-state index contributed by atoms with van der Waals surface area (Å²) in [6.45, 7) is 2.02. The van der Waals surface area contributed by atoms with Crippen molar-refractivity contribution in [2.24, 2.45) is 0 Å². The van der Waals surface area contributed by atoms with Gasteiger partial charge in [-0.05, 0) is 30.7 Å². The molecule has 0 bridgehead atoms. The molecule has 4 nitrogen and oxygen atoms in total. The first-order valence-corrected chi connectivity index (χ1v) is 7.92. The van der Waals surface area contributed by atoms with Gasteiger partial charge < -0.3 is 9.64 Å². The quantitative estimate of drug-likeness (QED) is 0.692. The molecule has 1 unspecified atom stereocenters. The smallest absolute Gasteiger partial charge is 0.404 e. The van der Waals surface area contributed by atoms with Crippen molar-refractivity contribution in [1.82, 2.24) is 9.88 Å². The highest BCUT2D eigenvalue weighted by Crippen LogP contribution is 2.37. The molecule has 0 N–H and O–H groups in total. The van der Waals surface area contributed by atoms with Crippen molar-refractivity contribution < 1.29 is 22.7 Å². The molecule has 25 heavy (non-hydrogen) atoms. The van der Waals surface area contributed by atoms with Gasteiger partial charge in [0.05, 0.1) is 17.6 Å². The van der Waals surface area contributed by atoms with Gasteiger partial charge in [0.15, 0.2) is 0 Å². The average Bonchev–Trinajstić information content (AvgIpc) is 2.86. The van der Waals surface area contributed by atoms with Gasteiger partial charge in [-0.1, -0.05) is 29.3 Å². The third-order valence-electron chi connectivity index (χ3n) is 3.95. The fourth-order valence-electron chi connectivity index (χ4n) is 2.69. The number of halogens is 5. The summed E-state index contributed by atoms with van der Waals surface area (Å²) in [4.78, 5) is 18.0. The third-order valence-corrected chi connectivity index (χ3v) is 4.58. The van der Waals surface area contributed by atoms with Crippen LogP contribution in [0.25, 0.3) is 0 Å². The van der Waals surface area contributed by atoms with Gasteiger partial charge in [-0.15, -0.1) is 13.2 Å². The van der Waals surface area contributed by atoms with Crippen LogP contribution >= 0.6 is 23.2 Å². The molecule has 0 fully saturated rings. The highest BCUT2D eigenvalue weighted by molar-refractivity contribution is 6.32. The van der Waals surface area contributed by atoms with Crippen LogP contribution in [0.5, 0.6) is 5.75 Å². The van der Waals surface area contributed by atoms with Gasteiger partial charge in [0.25, 0.3) is 5.91 Å². The first kappa shape index (κ1) is 17.8. The normalized spacial score (nSPS) is 15.3. The highest BCUT2D eigenvalue weighted by atomic mass is 35.5. The lowest BCUT2D eigenvalue weighted by Gasteiger charge is -2.25. The molecule has 1 aliphatic rings. The predicted molar refractivity (Wildman–Crippen MR) is 85.7 cm³/mol. The largest absolute Gasteiger partial charge is 0.573 e. The summed E-state index contributed by atoms with van der Waals surface area (Å²) < 4.78 is 40.8. The molecular weight excluding hydrogens is 380 g/mol. The molecule has 2 heterocycles. The Hall–Kier alpha value is -1.99. The Bertz CT molecular complexity index is 843. The van der Waals surface area contributed by atoms with Crippen LogP contribution in [-0.2, 0) is 6.54 Å². The fraction of sp³-hybridized carbons (Fsp3) is 0.250. The number of amides is 1. The van der Waals surface area contributed by atoms with E-state index >= 15 is 0 Å². The monoisotopic (exact) mass is 390 g/mol. The first-order chi connectivity index (χ1) is 11.7. The van der Waals surface area contributed by atoms with Crippen LogP contribution in [0.2, 0.25) is 10.2 Å². The Morgan fingerprint density at radius 3 is 2.60 bits per heavy atom. The molecule has 1 aromatic carbocycles. The summed E-state index contributed by atoms with van der Waals surface area (Å²) in [5.41, 5.74) is 1.67. The second kappa shape index (κ2) is 6.38. The lowest BCUT2D eigenvalue weighted by atomic mass is 10.1. The number of hydrogen-bond donors (Lipinski definition) is 0. The summed E-state index contributed by atoms with van der Waals surface area (Å²) >= 11 is 11.9. The molecule has 0 spiro atoms. The van der Waals surface area contributed by atoms with E-state index in [1.54, 1.807) is 17.9 Å². The topological polar surface area (TPSA) is 42.4 Å². The van der Waals surface area contributed by atoms with Crippen LogP contribution in [0.1, 0.15) is 34.5 Å². The molecule has 0 saturated heterocycles. The molecule has 0 aliphatic carbocycles. The van der Waals surface area contributed by atoms with Crippen LogP contribution < -0.4 is 4.74 Å². The fourth-order valence-corrected chi connectivity index (χ4v) is 3.14. The molecule has 1 amide bonds. The number of aromatic nitrogens is 1. The lowest BCUT2D eigenvalue weighted by Crippen LogP contribution is -2.27. The van der Waals surface area contributed by atoms with Crippen LogP contribution in [0.3, 0.4) is 0 Å². The van der Waals surface area contributed by atoms with Crippen molar-refractivity contribution in [3.8, 4) is 5.75 Å². The Morgan fingerprint density at radius 1 is 1.28 bits per heavy atom. The highest BCUT2D eigenvalue weighted by Gasteiger charge is 2.34. The van der Waals surface area contributed by atoms with Crippen molar-refractivity contribution in [3.63, 3.8) is 0 Å². The number of alkyl halides is 3. The summed E-state index contributed by atoms with van der Waals surface area (Å²) in [6.07, 6.45) is -3.37. The Labute approximate surface area is 151 Å². The number of fused-ring (bicyclic) bond motifs is 1. The molecule has 1 aromatic heterocycles. The van der Waals surface area contributed by atoms with E-state index in [0.29, 0.717) is 16.7 Å². The summed E-state index contributed by atoms with van der Waals surface area (Å²) in [5.74, 6) is -0.716. The Morgan fingerprint density at radius 2 is 2.00 bits per heavy atom. The van der Waals surface area contributed by atoms with Crippen LogP contribution in [0.15, 0.2) is 30.5 Å². The minimum atomic E-state index is -4.83. The lowest BCUT2D eigenvalue weighted by molar-refractivity contribution is -0.274. The van der Waals surface area contributed by atoms with Gasteiger partial charge in [-0.2, -0.15) is 0 Å². The molecular formula is C16H11Cl2F3N2O2. The molecule has 2 aromatic rings. The van der Waals surface area contributed by atoms with Crippen molar-refractivity contribution in [2.75, 3.05) is 0 Å². The number of benzene rings is 1. The van der Waals surface area contributed by atoms with Crippen molar-refractivity contribution in [2.45, 2.75) is 25.9 Å².